The van der Waals surface area contributed by atoms with E-state index >= 15 is 0 Å². The summed E-state index contributed by atoms with van der Waals surface area (Å²) in [6.07, 6.45) is 6.82. The van der Waals surface area contributed by atoms with Gasteiger partial charge in [-0.15, -0.1) is 0 Å². The van der Waals surface area contributed by atoms with Gasteiger partial charge in [0.25, 0.3) is 0 Å². The van der Waals surface area contributed by atoms with Crippen LogP contribution in [0.2, 0.25) is 0 Å². The largest absolute Gasteiger partial charge is 0.392 e. The zero-order chi connectivity index (χ0) is 13.4. The van der Waals surface area contributed by atoms with E-state index in [2.05, 4.69) is 29.0 Å². The van der Waals surface area contributed by atoms with Gasteiger partial charge in [0.2, 0.25) is 0 Å². The first kappa shape index (κ1) is 13.1. The van der Waals surface area contributed by atoms with Gasteiger partial charge in [-0.3, -0.25) is 4.68 Å². The molecule has 0 saturated carbocycles. The Morgan fingerprint density at radius 1 is 1.37 bits per heavy atom. The van der Waals surface area contributed by atoms with E-state index in [1.165, 1.54) is 12.8 Å². The lowest BCUT2D eigenvalue weighted by atomic mass is 9.85. The summed E-state index contributed by atoms with van der Waals surface area (Å²) in [7, 11) is 2.23. The fraction of sp³-hybridized carbons (Fsp3) is 0.857. The summed E-state index contributed by atoms with van der Waals surface area (Å²) < 4.78 is 1.88. The van der Waals surface area contributed by atoms with Gasteiger partial charge in [0.15, 0.2) is 0 Å². The summed E-state index contributed by atoms with van der Waals surface area (Å²) >= 11 is 0. The van der Waals surface area contributed by atoms with E-state index in [0.29, 0.717) is 24.4 Å². The molecule has 0 aliphatic carbocycles. The number of hydrogen-bond donors (Lipinski definition) is 1. The second-order valence-electron chi connectivity index (χ2n) is 6.05. The normalized spacial score (nSPS) is 32.7. The smallest absolute Gasteiger partial charge is 0.138 e. The SMILES string of the molecule is CCn1ncnc1CC(O)C1CC2CCC(C1)N2C. The number of piperidine rings is 1. The third-order valence-electron chi connectivity index (χ3n) is 5.07. The van der Waals surface area contributed by atoms with Crippen molar-refractivity contribution in [3.63, 3.8) is 0 Å². The molecular formula is C14H24N4O. The topological polar surface area (TPSA) is 54.2 Å². The molecular weight excluding hydrogens is 240 g/mol. The highest BCUT2D eigenvalue weighted by Crippen LogP contribution is 2.39. The maximum absolute atomic E-state index is 10.5. The second-order valence-corrected chi connectivity index (χ2v) is 6.05. The van der Waals surface area contributed by atoms with Crippen molar-refractivity contribution in [2.45, 2.75) is 63.8 Å². The predicted molar refractivity (Wildman–Crippen MR) is 72.7 cm³/mol. The number of rotatable bonds is 4. The number of hydrogen-bond acceptors (Lipinski definition) is 4. The van der Waals surface area contributed by atoms with E-state index in [-0.39, 0.29) is 6.10 Å². The quantitative estimate of drug-likeness (QED) is 0.884. The summed E-state index contributed by atoms with van der Waals surface area (Å²) in [5, 5.41) is 14.7. The van der Waals surface area contributed by atoms with Crippen LogP contribution in [0.5, 0.6) is 0 Å². The number of aryl methyl sites for hydroxylation is 1. The highest BCUT2D eigenvalue weighted by atomic mass is 16.3. The van der Waals surface area contributed by atoms with E-state index in [1.807, 2.05) is 4.68 Å². The molecule has 19 heavy (non-hydrogen) atoms. The number of aliphatic hydroxyl groups is 1. The number of aliphatic hydroxyl groups excluding tert-OH is 1. The maximum Gasteiger partial charge on any atom is 0.138 e. The molecule has 2 aliphatic heterocycles. The van der Waals surface area contributed by atoms with Gasteiger partial charge in [0.05, 0.1) is 6.10 Å². The molecule has 1 aromatic heterocycles. The molecule has 5 heteroatoms. The third-order valence-corrected chi connectivity index (χ3v) is 5.07. The van der Waals surface area contributed by atoms with E-state index < -0.39 is 0 Å². The van der Waals surface area contributed by atoms with Gasteiger partial charge in [-0.1, -0.05) is 0 Å². The molecule has 1 N–H and O–H groups in total. The van der Waals surface area contributed by atoms with Crippen molar-refractivity contribution in [3.8, 4) is 0 Å². The van der Waals surface area contributed by atoms with E-state index in [0.717, 1.165) is 25.2 Å². The number of nitrogens with zero attached hydrogens (tertiary/aromatic N) is 4. The Kier molecular flexibility index (Phi) is 3.58. The first-order valence-electron chi connectivity index (χ1n) is 7.45. The first-order chi connectivity index (χ1) is 9.19. The van der Waals surface area contributed by atoms with Crippen molar-refractivity contribution in [1.82, 2.24) is 19.7 Å². The Morgan fingerprint density at radius 3 is 2.68 bits per heavy atom. The molecule has 2 saturated heterocycles. The minimum atomic E-state index is -0.272. The zero-order valence-corrected chi connectivity index (χ0v) is 11.9. The average molecular weight is 264 g/mol. The van der Waals surface area contributed by atoms with E-state index in [1.54, 1.807) is 6.33 Å². The molecule has 3 atom stereocenters. The Morgan fingerprint density at radius 2 is 2.05 bits per heavy atom. The van der Waals surface area contributed by atoms with Crippen LogP contribution in [-0.4, -0.2) is 50.0 Å². The molecule has 2 bridgehead atoms. The fourth-order valence-corrected chi connectivity index (χ4v) is 3.83. The molecule has 3 unspecified atom stereocenters. The van der Waals surface area contributed by atoms with Gasteiger partial charge >= 0.3 is 0 Å². The predicted octanol–water partition coefficient (Wildman–Crippen LogP) is 1.07. The monoisotopic (exact) mass is 264 g/mol. The highest BCUT2D eigenvalue weighted by molar-refractivity contribution is 4.97. The Balaban J connectivity index is 1.64. The number of aromatic nitrogens is 3. The summed E-state index contributed by atoms with van der Waals surface area (Å²) in [5.74, 6) is 1.34. The van der Waals surface area contributed by atoms with Crippen LogP contribution in [0, 0.1) is 5.92 Å². The molecule has 1 aromatic rings. The molecule has 106 valence electrons. The maximum atomic E-state index is 10.5. The Hall–Kier alpha value is -0.940. The van der Waals surface area contributed by atoms with Crippen LogP contribution in [0.4, 0.5) is 0 Å². The Bertz CT molecular complexity index is 419. The van der Waals surface area contributed by atoms with E-state index in [9.17, 15) is 5.11 Å². The summed E-state index contributed by atoms with van der Waals surface area (Å²) in [5.41, 5.74) is 0. The van der Waals surface area contributed by atoms with Crippen LogP contribution in [-0.2, 0) is 13.0 Å². The average Bonchev–Trinajstić information content (AvgIpc) is 2.90. The molecule has 3 rings (SSSR count). The minimum absolute atomic E-state index is 0.272. The number of fused-ring (bicyclic) bond motifs is 2. The van der Waals surface area contributed by atoms with Gasteiger partial charge in [0, 0.05) is 25.0 Å². The molecule has 0 radical (unpaired) electrons. The summed E-state index contributed by atoms with van der Waals surface area (Å²) in [6, 6.07) is 1.37. The van der Waals surface area contributed by atoms with Crippen LogP contribution in [0.3, 0.4) is 0 Å². The van der Waals surface area contributed by atoms with Crippen molar-refractivity contribution in [3.05, 3.63) is 12.2 Å². The third kappa shape index (κ3) is 2.41. The minimum Gasteiger partial charge on any atom is -0.392 e. The van der Waals surface area contributed by atoms with Gasteiger partial charge in [-0.25, -0.2) is 4.98 Å². The molecule has 3 heterocycles. The van der Waals surface area contributed by atoms with Gasteiger partial charge in [-0.05, 0) is 45.6 Å². The van der Waals surface area contributed by atoms with Gasteiger partial charge < -0.3 is 10.0 Å². The Labute approximate surface area is 114 Å². The van der Waals surface area contributed by atoms with Crippen molar-refractivity contribution >= 4 is 0 Å². The van der Waals surface area contributed by atoms with E-state index in [4.69, 9.17) is 0 Å². The van der Waals surface area contributed by atoms with Gasteiger partial charge in [-0.2, -0.15) is 5.10 Å². The first-order valence-corrected chi connectivity index (χ1v) is 7.45. The molecule has 0 aromatic carbocycles. The highest BCUT2D eigenvalue weighted by Gasteiger charge is 2.40. The van der Waals surface area contributed by atoms with Gasteiger partial charge in [0.1, 0.15) is 12.2 Å². The second kappa shape index (κ2) is 5.21. The van der Waals surface area contributed by atoms with Crippen molar-refractivity contribution in [1.29, 1.82) is 0 Å². The molecule has 0 spiro atoms. The lowest BCUT2D eigenvalue weighted by Gasteiger charge is -2.38. The zero-order valence-electron chi connectivity index (χ0n) is 11.9. The van der Waals surface area contributed by atoms with Crippen LogP contribution in [0.15, 0.2) is 6.33 Å². The lowest BCUT2D eigenvalue weighted by molar-refractivity contribution is 0.0352. The molecule has 2 aliphatic rings. The molecule has 2 fully saturated rings. The molecule has 0 amide bonds. The van der Waals surface area contributed by atoms with Crippen molar-refractivity contribution < 1.29 is 5.11 Å². The van der Waals surface area contributed by atoms with Crippen molar-refractivity contribution in [2.24, 2.45) is 5.92 Å². The standard InChI is InChI=1S/C14H24N4O/c1-3-18-14(15-9-16-18)8-13(19)10-6-11-4-5-12(7-10)17(11)2/h9-13,19H,3-8H2,1-2H3. The summed E-state index contributed by atoms with van der Waals surface area (Å²) in [6.45, 7) is 2.88. The fourth-order valence-electron chi connectivity index (χ4n) is 3.83. The van der Waals surface area contributed by atoms with Crippen LogP contribution in [0.25, 0.3) is 0 Å². The van der Waals surface area contributed by atoms with Crippen LogP contribution in [0.1, 0.15) is 38.4 Å². The van der Waals surface area contributed by atoms with Crippen molar-refractivity contribution in [2.75, 3.05) is 7.05 Å². The van der Waals surface area contributed by atoms with Crippen LogP contribution >= 0.6 is 0 Å². The van der Waals surface area contributed by atoms with Crippen LogP contribution < -0.4 is 0 Å². The lowest BCUT2D eigenvalue weighted by Crippen LogP contribution is -2.43. The molecule has 5 nitrogen and oxygen atoms in total. The summed E-state index contributed by atoms with van der Waals surface area (Å²) in [4.78, 5) is 6.78.